The number of piperidine rings is 1. The number of carbonyl (C=O) groups is 1. The van der Waals surface area contributed by atoms with Crippen LogP contribution >= 0.6 is 15.9 Å². The summed E-state index contributed by atoms with van der Waals surface area (Å²) in [5, 5.41) is 10.4. The molecule has 0 spiro atoms. The van der Waals surface area contributed by atoms with Crippen molar-refractivity contribution in [2.75, 3.05) is 26.7 Å². The van der Waals surface area contributed by atoms with E-state index >= 15 is 0 Å². The molecule has 1 amide bonds. The van der Waals surface area contributed by atoms with Gasteiger partial charge in [0.2, 0.25) is 0 Å². The highest BCUT2D eigenvalue weighted by atomic mass is 79.9. The highest BCUT2D eigenvalue weighted by Gasteiger charge is 2.27. The topological polar surface area (TPSA) is 61.0 Å². The van der Waals surface area contributed by atoms with Crippen LogP contribution in [0.1, 0.15) is 23.3 Å². The smallest absolute Gasteiger partial charge is 0.273 e. The molecule has 2 heterocycles. The van der Waals surface area contributed by atoms with Crippen LogP contribution in [0, 0.1) is 5.92 Å². The van der Waals surface area contributed by atoms with E-state index in [-0.39, 0.29) is 5.91 Å². The molecular weight excluding hydrogens is 356 g/mol. The van der Waals surface area contributed by atoms with Gasteiger partial charge in [-0.05, 0) is 48.3 Å². The summed E-state index contributed by atoms with van der Waals surface area (Å²) in [6, 6.07) is 9.86. The number of halogens is 1. The van der Waals surface area contributed by atoms with Crippen LogP contribution in [0.3, 0.4) is 0 Å². The Morgan fingerprint density at radius 2 is 2.04 bits per heavy atom. The van der Waals surface area contributed by atoms with Gasteiger partial charge in [0.05, 0.1) is 4.47 Å². The van der Waals surface area contributed by atoms with Crippen LogP contribution in [0.4, 0.5) is 0 Å². The third kappa shape index (κ3) is 3.48. The number of benzene rings is 1. The zero-order chi connectivity index (χ0) is 16.2. The summed E-state index contributed by atoms with van der Waals surface area (Å²) in [5.41, 5.74) is 2.30. The Hall–Kier alpha value is -1.66. The fourth-order valence-corrected chi connectivity index (χ4v) is 3.62. The lowest BCUT2D eigenvalue weighted by Crippen LogP contribution is -2.40. The summed E-state index contributed by atoms with van der Waals surface area (Å²) < 4.78 is 0.742. The molecule has 0 radical (unpaired) electrons. The van der Waals surface area contributed by atoms with Gasteiger partial charge < -0.3 is 10.2 Å². The molecule has 1 saturated heterocycles. The van der Waals surface area contributed by atoms with Crippen molar-refractivity contribution in [1.82, 2.24) is 20.4 Å². The molecule has 0 atom stereocenters. The Labute approximate surface area is 144 Å². The molecule has 2 N–H and O–H groups in total. The molecule has 6 heteroatoms. The van der Waals surface area contributed by atoms with Crippen molar-refractivity contribution in [3.05, 3.63) is 40.5 Å². The second-order valence-corrected chi connectivity index (χ2v) is 6.71. The largest absolute Gasteiger partial charge is 0.337 e. The molecule has 1 fully saturated rings. The third-order valence-corrected chi connectivity index (χ3v) is 5.13. The van der Waals surface area contributed by atoms with Crippen molar-refractivity contribution in [3.8, 4) is 11.3 Å². The fourth-order valence-electron chi connectivity index (χ4n) is 3.04. The van der Waals surface area contributed by atoms with Gasteiger partial charge in [-0.15, -0.1) is 0 Å². The fraction of sp³-hybridized carbons (Fsp3) is 0.412. The van der Waals surface area contributed by atoms with E-state index in [0.29, 0.717) is 11.6 Å². The molecule has 1 aliphatic rings. The van der Waals surface area contributed by atoms with Crippen LogP contribution in [0.5, 0.6) is 0 Å². The zero-order valence-electron chi connectivity index (χ0n) is 13.2. The minimum absolute atomic E-state index is 0.0227. The van der Waals surface area contributed by atoms with Crippen LogP contribution < -0.4 is 5.32 Å². The second kappa shape index (κ2) is 7.27. The summed E-state index contributed by atoms with van der Waals surface area (Å²) in [5.74, 6) is 0.684. The van der Waals surface area contributed by atoms with E-state index in [1.807, 2.05) is 42.3 Å². The highest BCUT2D eigenvalue weighted by molar-refractivity contribution is 9.10. The van der Waals surface area contributed by atoms with E-state index in [1.54, 1.807) is 0 Å². The number of rotatable bonds is 4. The Morgan fingerprint density at radius 3 is 2.70 bits per heavy atom. The van der Waals surface area contributed by atoms with Crippen molar-refractivity contribution < 1.29 is 4.79 Å². The van der Waals surface area contributed by atoms with Gasteiger partial charge in [-0.2, -0.15) is 5.10 Å². The zero-order valence-corrected chi connectivity index (χ0v) is 14.8. The summed E-state index contributed by atoms with van der Waals surface area (Å²) in [6.45, 7) is 2.63. The first-order valence-electron chi connectivity index (χ1n) is 7.94. The number of hydrogen-bond donors (Lipinski definition) is 2. The average molecular weight is 377 g/mol. The number of nitrogens with one attached hydrogen (secondary N) is 2. The number of amides is 1. The summed E-state index contributed by atoms with van der Waals surface area (Å²) in [4.78, 5) is 14.7. The Morgan fingerprint density at radius 1 is 1.35 bits per heavy atom. The molecule has 23 heavy (non-hydrogen) atoms. The molecule has 0 saturated carbocycles. The lowest BCUT2D eigenvalue weighted by atomic mass is 9.96. The van der Waals surface area contributed by atoms with E-state index < -0.39 is 0 Å². The van der Waals surface area contributed by atoms with E-state index in [0.717, 1.165) is 48.2 Å². The van der Waals surface area contributed by atoms with Crippen molar-refractivity contribution in [1.29, 1.82) is 0 Å². The molecule has 1 aromatic heterocycles. The van der Waals surface area contributed by atoms with Crippen LogP contribution in [0.15, 0.2) is 34.8 Å². The number of carbonyl (C=O) groups excluding carboxylic acids is 1. The highest BCUT2D eigenvalue weighted by Crippen LogP contribution is 2.30. The van der Waals surface area contributed by atoms with Gasteiger partial charge >= 0.3 is 0 Å². The predicted octanol–water partition coefficient (Wildman–Crippen LogP) is 2.91. The molecule has 3 rings (SSSR count). The SMILES string of the molecule is CNCC1CCN(C(=O)c2[nH]nc(-c3ccccc3)c2Br)CC1. The molecule has 0 aliphatic carbocycles. The number of likely N-dealkylation sites (tertiary alicyclic amines) is 1. The van der Waals surface area contributed by atoms with Gasteiger partial charge in [-0.3, -0.25) is 9.89 Å². The first-order valence-corrected chi connectivity index (χ1v) is 8.73. The van der Waals surface area contributed by atoms with Crippen LogP contribution in [0.2, 0.25) is 0 Å². The summed E-state index contributed by atoms with van der Waals surface area (Å²) >= 11 is 3.54. The number of H-pyrrole nitrogens is 1. The van der Waals surface area contributed by atoms with Crippen molar-refractivity contribution in [3.63, 3.8) is 0 Å². The number of aromatic amines is 1. The molecule has 5 nitrogen and oxygen atoms in total. The Bertz CT molecular complexity index is 662. The maximum atomic E-state index is 12.7. The number of nitrogens with zero attached hydrogens (tertiary/aromatic N) is 2. The van der Waals surface area contributed by atoms with Gasteiger partial charge in [-0.25, -0.2) is 0 Å². The number of aromatic nitrogens is 2. The molecular formula is C17H21BrN4O. The van der Waals surface area contributed by atoms with Crippen LogP contribution in [0.25, 0.3) is 11.3 Å². The van der Waals surface area contributed by atoms with Gasteiger partial charge in [0.1, 0.15) is 11.4 Å². The van der Waals surface area contributed by atoms with Crippen molar-refractivity contribution in [2.24, 2.45) is 5.92 Å². The van der Waals surface area contributed by atoms with Gasteiger partial charge in [-0.1, -0.05) is 30.3 Å². The minimum Gasteiger partial charge on any atom is -0.337 e. The standard InChI is InChI=1S/C17H21BrN4O/c1-19-11-12-7-9-22(10-8-12)17(23)16-14(18)15(20-21-16)13-5-3-2-4-6-13/h2-6,12,19H,7-11H2,1H3,(H,20,21). The maximum absolute atomic E-state index is 12.7. The van der Waals surface area contributed by atoms with Crippen LogP contribution in [-0.4, -0.2) is 47.7 Å². The number of hydrogen-bond acceptors (Lipinski definition) is 3. The normalized spacial score (nSPS) is 15.8. The molecule has 1 aromatic carbocycles. The van der Waals surface area contributed by atoms with E-state index in [4.69, 9.17) is 0 Å². The first-order chi connectivity index (χ1) is 11.2. The van der Waals surface area contributed by atoms with Gasteiger partial charge in [0.15, 0.2) is 0 Å². The second-order valence-electron chi connectivity index (χ2n) is 5.92. The minimum atomic E-state index is 0.0227. The monoisotopic (exact) mass is 376 g/mol. The van der Waals surface area contributed by atoms with Crippen molar-refractivity contribution in [2.45, 2.75) is 12.8 Å². The van der Waals surface area contributed by atoms with Crippen molar-refractivity contribution >= 4 is 21.8 Å². The molecule has 2 aromatic rings. The third-order valence-electron chi connectivity index (χ3n) is 4.36. The molecule has 1 aliphatic heterocycles. The molecule has 0 bridgehead atoms. The van der Waals surface area contributed by atoms with E-state index in [1.165, 1.54) is 0 Å². The maximum Gasteiger partial charge on any atom is 0.273 e. The lowest BCUT2D eigenvalue weighted by molar-refractivity contribution is 0.0684. The van der Waals surface area contributed by atoms with E-state index in [2.05, 4.69) is 31.4 Å². The lowest BCUT2D eigenvalue weighted by Gasteiger charge is -2.31. The first kappa shape index (κ1) is 16.2. The predicted molar refractivity (Wildman–Crippen MR) is 94.3 cm³/mol. The Kier molecular flexibility index (Phi) is 5.13. The van der Waals surface area contributed by atoms with E-state index in [9.17, 15) is 4.79 Å². The van der Waals surface area contributed by atoms with Gasteiger partial charge in [0.25, 0.3) is 5.91 Å². The quantitative estimate of drug-likeness (QED) is 0.862. The molecule has 0 unspecified atom stereocenters. The average Bonchev–Trinajstić information content (AvgIpc) is 2.97. The van der Waals surface area contributed by atoms with Gasteiger partial charge in [0, 0.05) is 18.7 Å². The Balaban J connectivity index is 1.73. The molecule has 122 valence electrons. The summed E-state index contributed by atoms with van der Waals surface area (Å²) in [6.07, 6.45) is 2.09. The van der Waals surface area contributed by atoms with Crippen LogP contribution in [-0.2, 0) is 0 Å². The summed E-state index contributed by atoms with van der Waals surface area (Å²) in [7, 11) is 1.98.